The Bertz CT molecular complexity index is 235. The van der Waals surface area contributed by atoms with Crippen molar-refractivity contribution in [2.45, 2.75) is 77.8 Å². The topological polar surface area (TPSA) is 41.1 Å². The first-order chi connectivity index (χ1) is 8.63. The molecule has 3 heteroatoms. The van der Waals surface area contributed by atoms with E-state index >= 15 is 0 Å². The van der Waals surface area contributed by atoms with Gasteiger partial charge < -0.3 is 10.6 Å². The van der Waals surface area contributed by atoms with E-state index in [1.807, 2.05) is 0 Å². The van der Waals surface area contributed by atoms with Crippen molar-refractivity contribution in [1.82, 2.24) is 10.6 Å². The molecule has 1 amide bonds. The zero-order chi connectivity index (χ0) is 13.4. The summed E-state index contributed by atoms with van der Waals surface area (Å²) in [5.41, 5.74) is 0. The first kappa shape index (κ1) is 15.5. The van der Waals surface area contributed by atoms with Crippen molar-refractivity contribution in [3.8, 4) is 0 Å². The van der Waals surface area contributed by atoms with Crippen LogP contribution in [0.25, 0.3) is 0 Å². The summed E-state index contributed by atoms with van der Waals surface area (Å²) in [5.74, 6) is 0.887. The van der Waals surface area contributed by atoms with Gasteiger partial charge in [0.25, 0.3) is 0 Å². The van der Waals surface area contributed by atoms with Crippen molar-refractivity contribution < 1.29 is 4.79 Å². The Morgan fingerprint density at radius 3 is 2.72 bits per heavy atom. The molecule has 0 radical (unpaired) electrons. The average molecular weight is 254 g/mol. The summed E-state index contributed by atoms with van der Waals surface area (Å²) < 4.78 is 0. The average Bonchev–Trinajstić information content (AvgIpc) is 2.27. The molecule has 0 bridgehead atoms. The van der Waals surface area contributed by atoms with E-state index in [0.717, 1.165) is 19.4 Å². The fourth-order valence-electron chi connectivity index (χ4n) is 2.60. The molecule has 1 fully saturated rings. The Morgan fingerprint density at radius 1 is 1.28 bits per heavy atom. The molecule has 0 saturated carbocycles. The number of amides is 1. The standard InChI is InChI=1S/C15H30N2O/c1-4-12(2)11-13(3)17-15(18)14-9-7-5-6-8-10-16-14/h12-14,16H,4-11H2,1-3H3,(H,17,18). The summed E-state index contributed by atoms with van der Waals surface area (Å²) in [7, 11) is 0. The van der Waals surface area contributed by atoms with E-state index in [-0.39, 0.29) is 11.9 Å². The van der Waals surface area contributed by atoms with Gasteiger partial charge in [-0.2, -0.15) is 0 Å². The Hall–Kier alpha value is -0.570. The summed E-state index contributed by atoms with van der Waals surface area (Å²) in [6.07, 6.45) is 8.19. The molecule has 1 aliphatic rings. The lowest BCUT2D eigenvalue weighted by molar-refractivity contribution is -0.124. The Balaban J connectivity index is 2.33. The molecule has 0 aliphatic carbocycles. The summed E-state index contributed by atoms with van der Waals surface area (Å²) in [5, 5.41) is 6.54. The van der Waals surface area contributed by atoms with E-state index in [2.05, 4.69) is 31.4 Å². The second-order valence-electron chi connectivity index (χ2n) is 5.87. The maximum absolute atomic E-state index is 12.2. The van der Waals surface area contributed by atoms with E-state index in [9.17, 15) is 4.79 Å². The molecule has 18 heavy (non-hydrogen) atoms. The number of rotatable bonds is 5. The summed E-state index contributed by atoms with van der Waals surface area (Å²) in [4.78, 5) is 12.2. The zero-order valence-electron chi connectivity index (χ0n) is 12.3. The Labute approximate surface area is 112 Å². The highest BCUT2D eigenvalue weighted by Gasteiger charge is 2.20. The minimum atomic E-state index is 0.0321. The molecule has 0 aromatic heterocycles. The van der Waals surface area contributed by atoms with Crippen LogP contribution in [0.3, 0.4) is 0 Å². The van der Waals surface area contributed by atoms with E-state index < -0.39 is 0 Å². The van der Waals surface area contributed by atoms with Gasteiger partial charge >= 0.3 is 0 Å². The van der Waals surface area contributed by atoms with Crippen molar-refractivity contribution in [3.63, 3.8) is 0 Å². The van der Waals surface area contributed by atoms with Crippen LogP contribution >= 0.6 is 0 Å². The van der Waals surface area contributed by atoms with Gasteiger partial charge in [-0.05, 0) is 38.6 Å². The summed E-state index contributed by atoms with van der Waals surface area (Å²) in [6.45, 7) is 7.55. The third-order valence-corrected chi connectivity index (χ3v) is 3.97. The molecule has 1 rings (SSSR count). The highest BCUT2D eigenvalue weighted by atomic mass is 16.2. The first-order valence-electron chi connectivity index (χ1n) is 7.67. The number of hydrogen-bond acceptors (Lipinski definition) is 2. The van der Waals surface area contributed by atoms with Crippen LogP contribution in [0.2, 0.25) is 0 Å². The van der Waals surface area contributed by atoms with Crippen LogP contribution in [0.5, 0.6) is 0 Å². The van der Waals surface area contributed by atoms with Crippen molar-refractivity contribution in [2.24, 2.45) is 5.92 Å². The summed E-state index contributed by atoms with van der Waals surface area (Å²) in [6, 6.07) is 0.323. The van der Waals surface area contributed by atoms with Gasteiger partial charge in [-0.3, -0.25) is 4.79 Å². The van der Waals surface area contributed by atoms with Crippen molar-refractivity contribution in [1.29, 1.82) is 0 Å². The smallest absolute Gasteiger partial charge is 0.237 e. The van der Waals surface area contributed by atoms with Gasteiger partial charge in [-0.25, -0.2) is 0 Å². The SMILES string of the molecule is CCC(C)CC(C)NC(=O)C1CCCCCCN1. The van der Waals surface area contributed by atoms with Crippen LogP contribution in [0.1, 0.15) is 65.7 Å². The molecule has 1 aliphatic heterocycles. The van der Waals surface area contributed by atoms with E-state index in [1.54, 1.807) is 0 Å². The molecule has 0 aromatic rings. The predicted octanol–water partition coefficient (Wildman–Crippen LogP) is 2.85. The molecule has 3 nitrogen and oxygen atoms in total. The predicted molar refractivity (Wildman–Crippen MR) is 76.6 cm³/mol. The maximum atomic E-state index is 12.2. The Kier molecular flexibility index (Phi) is 7.33. The second-order valence-corrected chi connectivity index (χ2v) is 5.87. The van der Waals surface area contributed by atoms with Crippen molar-refractivity contribution >= 4 is 5.91 Å². The molecule has 3 atom stereocenters. The van der Waals surface area contributed by atoms with Gasteiger partial charge in [-0.15, -0.1) is 0 Å². The number of carbonyl (C=O) groups excluding carboxylic acids is 1. The van der Waals surface area contributed by atoms with E-state index in [0.29, 0.717) is 12.0 Å². The lowest BCUT2D eigenvalue weighted by Crippen LogP contribution is -2.48. The van der Waals surface area contributed by atoms with Gasteiger partial charge in [0.15, 0.2) is 0 Å². The molecule has 2 N–H and O–H groups in total. The fraction of sp³-hybridized carbons (Fsp3) is 0.933. The highest BCUT2D eigenvalue weighted by molar-refractivity contribution is 5.81. The molecule has 1 saturated heterocycles. The van der Waals surface area contributed by atoms with Gasteiger partial charge in [0.1, 0.15) is 0 Å². The number of carbonyl (C=O) groups is 1. The van der Waals surface area contributed by atoms with Crippen LogP contribution in [-0.2, 0) is 4.79 Å². The minimum Gasteiger partial charge on any atom is -0.352 e. The van der Waals surface area contributed by atoms with Crippen LogP contribution in [-0.4, -0.2) is 24.5 Å². The highest BCUT2D eigenvalue weighted by Crippen LogP contribution is 2.12. The van der Waals surface area contributed by atoms with Crippen LogP contribution in [0.4, 0.5) is 0 Å². The Morgan fingerprint density at radius 2 is 2.00 bits per heavy atom. The zero-order valence-corrected chi connectivity index (χ0v) is 12.3. The molecular formula is C15H30N2O. The molecule has 106 valence electrons. The summed E-state index contributed by atoms with van der Waals surface area (Å²) >= 11 is 0. The lowest BCUT2D eigenvalue weighted by Gasteiger charge is -2.24. The van der Waals surface area contributed by atoms with Crippen LogP contribution in [0, 0.1) is 5.92 Å². The molecule has 3 unspecified atom stereocenters. The van der Waals surface area contributed by atoms with Gasteiger partial charge in [0, 0.05) is 6.04 Å². The van der Waals surface area contributed by atoms with Gasteiger partial charge in [0.2, 0.25) is 5.91 Å². The normalized spacial score (nSPS) is 24.7. The molecule has 0 spiro atoms. The largest absolute Gasteiger partial charge is 0.352 e. The van der Waals surface area contributed by atoms with Crippen molar-refractivity contribution in [3.05, 3.63) is 0 Å². The molecule has 0 aromatic carbocycles. The van der Waals surface area contributed by atoms with Crippen molar-refractivity contribution in [2.75, 3.05) is 6.54 Å². The van der Waals surface area contributed by atoms with Gasteiger partial charge in [-0.1, -0.05) is 39.5 Å². The van der Waals surface area contributed by atoms with Gasteiger partial charge in [0.05, 0.1) is 6.04 Å². The molecular weight excluding hydrogens is 224 g/mol. The van der Waals surface area contributed by atoms with Crippen LogP contribution in [0.15, 0.2) is 0 Å². The number of hydrogen-bond donors (Lipinski definition) is 2. The van der Waals surface area contributed by atoms with E-state index in [4.69, 9.17) is 0 Å². The lowest BCUT2D eigenvalue weighted by atomic mass is 9.99. The third kappa shape index (κ3) is 5.85. The third-order valence-electron chi connectivity index (χ3n) is 3.97. The fourth-order valence-corrected chi connectivity index (χ4v) is 2.60. The molecule has 1 heterocycles. The van der Waals surface area contributed by atoms with Crippen LogP contribution < -0.4 is 10.6 Å². The quantitative estimate of drug-likeness (QED) is 0.792. The monoisotopic (exact) mass is 254 g/mol. The number of nitrogens with one attached hydrogen (secondary N) is 2. The van der Waals surface area contributed by atoms with E-state index in [1.165, 1.54) is 32.1 Å². The second kappa shape index (κ2) is 8.52. The first-order valence-corrected chi connectivity index (χ1v) is 7.67. The maximum Gasteiger partial charge on any atom is 0.237 e. The minimum absolute atomic E-state index is 0.0321.